The van der Waals surface area contributed by atoms with Gasteiger partial charge in [-0.05, 0) is 26.0 Å². The van der Waals surface area contributed by atoms with Gasteiger partial charge < -0.3 is 9.32 Å². The molecule has 1 aliphatic rings. The highest BCUT2D eigenvalue weighted by Gasteiger charge is 2.33. The smallest absolute Gasteiger partial charge is 0.257 e. The van der Waals surface area contributed by atoms with E-state index in [1.54, 1.807) is 12.3 Å². The van der Waals surface area contributed by atoms with Crippen molar-refractivity contribution >= 4 is 5.91 Å². The zero-order chi connectivity index (χ0) is 12.7. The molecule has 0 aromatic carbocycles. The Morgan fingerprint density at radius 3 is 2.78 bits per heavy atom. The Labute approximate surface area is 105 Å². The van der Waals surface area contributed by atoms with Crippen LogP contribution in [0.4, 0.5) is 0 Å². The fourth-order valence-electron chi connectivity index (χ4n) is 2.30. The molecule has 0 radical (unpaired) electrons. The van der Waals surface area contributed by atoms with Gasteiger partial charge in [-0.3, -0.25) is 9.48 Å². The number of amides is 1. The SMILES string of the molecule is Cc1cc(C(=O)N2CC(n3cccn3)C2)c(C)o1. The van der Waals surface area contributed by atoms with Crippen molar-refractivity contribution < 1.29 is 9.21 Å². The first-order chi connectivity index (χ1) is 8.65. The molecule has 0 aliphatic carbocycles. The van der Waals surface area contributed by atoms with Gasteiger partial charge in [-0.1, -0.05) is 0 Å². The van der Waals surface area contributed by atoms with E-state index in [0.29, 0.717) is 30.5 Å². The second kappa shape index (κ2) is 4.01. The molecule has 5 heteroatoms. The van der Waals surface area contributed by atoms with Crippen LogP contribution in [0.25, 0.3) is 0 Å². The van der Waals surface area contributed by atoms with E-state index in [1.165, 1.54) is 0 Å². The summed E-state index contributed by atoms with van der Waals surface area (Å²) in [4.78, 5) is 14.0. The number of rotatable bonds is 2. The van der Waals surface area contributed by atoms with E-state index in [-0.39, 0.29) is 5.91 Å². The molecule has 5 nitrogen and oxygen atoms in total. The van der Waals surface area contributed by atoms with Crippen LogP contribution in [0.2, 0.25) is 0 Å². The molecule has 0 bridgehead atoms. The molecular formula is C13H15N3O2. The van der Waals surface area contributed by atoms with Crippen LogP contribution >= 0.6 is 0 Å². The van der Waals surface area contributed by atoms with E-state index in [9.17, 15) is 4.79 Å². The fraction of sp³-hybridized carbons (Fsp3) is 0.385. The lowest BCUT2D eigenvalue weighted by Gasteiger charge is -2.39. The van der Waals surface area contributed by atoms with Gasteiger partial charge in [0.1, 0.15) is 11.5 Å². The molecule has 0 unspecified atom stereocenters. The third-order valence-electron chi connectivity index (χ3n) is 3.32. The molecule has 1 amide bonds. The average molecular weight is 245 g/mol. The van der Waals surface area contributed by atoms with E-state index in [2.05, 4.69) is 5.10 Å². The lowest BCUT2D eigenvalue weighted by Crippen LogP contribution is -2.50. The molecule has 94 valence electrons. The topological polar surface area (TPSA) is 51.3 Å². The summed E-state index contributed by atoms with van der Waals surface area (Å²) in [6.07, 6.45) is 3.69. The van der Waals surface area contributed by atoms with Gasteiger partial charge >= 0.3 is 0 Å². The summed E-state index contributed by atoms with van der Waals surface area (Å²) in [5.41, 5.74) is 0.673. The van der Waals surface area contributed by atoms with Gasteiger partial charge in [0.15, 0.2) is 0 Å². The van der Waals surface area contributed by atoms with Crippen molar-refractivity contribution in [2.24, 2.45) is 0 Å². The zero-order valence-electron chi connectivity index (χ0n) is 10.5. The molecule has 3 rings (SSSR count). The van der Waals surface area contributed by atoms with Crippen molar-refractivity contribution in [3.63, 3.8) is 0 Å². The summed E-state index contributed by atoms with van der Waals surface area (Å²) in [5.74, 6) is 1.52. The standard InChI is InChI=1S/C13H15N3O2/c1-9-6-12(10(2)18-9)13(17)15-7-11(8-15)16-5-3-4-14-16/h3-6,11H,7-8H2,1-2H3. The van der Waals surface area contributed by atoms with Gasteiger partial charge in [-0.25, -0.2) is 0 Å². The minimum Gasteiger partial charge on any atom is -0.466 e. The molecule has 2 aromatic rings. The summed E-state index contributed by atoms with van der Waals surface area (Å²) in [6, 6.07) is 4.00. The number of aryl methyl sites for hydroxylation is 2. The molecule has 0 saturated carbocycles. The molecular weight excluding hydrogens is 230 g/mol. The number of aromatic nitrogens is 2. The Morgan fingerprint density at radius 2 is 2.22 bits per heavy atom. The molecule has 3 heterocycles. The highest BCUT2D eigenvalue weighted by atomic mass is 16.3. The first-order valence-electron chi connectivity index (χ1n) is 6.00. The molecule has 2 aromatic heterocycles. The Balaban J connectivity index is 1.68. The number of hydrogen-bond acceptors (Lipinski definition) is 3. The van der Waals surface area contributed by atoms with Crippen molar-refractivity contribution in [3.05, 3.63) is 41.6 Å². The maximum atomic E-state index is 12.2. The van der Waals surface area contributed by atoms with Gasteiger partial charge in [0, 0.05) is 25.5 Å². The van der Waals surface area contributed by atoms with Crippen molar-refractivity contribution in [1.29, 1.82) is 0 Å². The molecule has 0 atom stereocenters. The number of likely N-dealkylation sites (tertiary alicyclic amines) is 1. The van der Waals surface area contributed by atoms with Crippen LogP contribution in [-0.2, 0) is 0 Å². The quantitative estimate of drug-likeness (QED) is 0.810. The Bertz CT molecular complexity index is 565. The minimum atomic E-state index is 0.0488. The molecule has 0 spiro atoms. The maximum absolute atomic E-state index is 12.2. The first-order valence-corrected chi connectivity index (χ1v) is 6.00. The van der Waals surface area contributed by atoms with E-state index in [1.807, 2.05) is 35.7 Å². The third kappa shape index (κ3) is 1.72. The largest absolute Gasteiger partial charge is 0.466 e. The zero-order valence-corrected chi connectivity index (χ0v) is 10.5. The van der Waals surface area contributed by atoms with Crippen LogP contribution in [-0.4, -0.2) is 33.7 Å². The molecule has 1 aliphatic heterocycles. The van der Waals surface area contributed by atoms with Gasteiger partial charge in [0.05, 0.1) is 11.6 Å². The van der Waals surface area contributed by atoms with Crippen LogP contribution in [0.1, 0.15) is 27.9 Å². The lowest BCUT2D eigenvalue weighted by molar-refractivity contribution is 0.0500. The number of furan rings is 1. The Hall–Kier alpha value is -2.04. The second-order valence-corrected chi connectivity index (χ2v) is 4.68. The Kier molecular flexibility index (Phi) is 2.47. The summed E-state index contributed by atoms with van der Waals surface area (Å²) in [7, 11) is 0. The molecule has 1 saturated heterocycles. The number of carbonyl (C=O) groups is 1. The second-order valence-electron chi connectivity index (χ2n) is 4.68. The lowest BCUT2D eigenvalue weighted by atomic mass is 10.1. The number of hydrogen-bond donors (Lipinski definition) is 0. The van der Waals surface area contributed by atoms with Crippen molar-refractivity contribution in [3.8, 4) is 0 Å². The molecule has 1 fully saturated rings. The predicted octanol–water partition coefficient (Wildman–Crippen LogP) is 1.79. The molecule has 18 heavy (non-hydrogen) atoms. The van der Waals surface area contributed by atoms with E-state index in [4.69, 9.17) is 4.42 Å². The van der Waals surface area contributed by atoms with Crippen molar-refractivity contribution in [2.45, 2.75) is 19.9 Å². The fourth-order valence-corrected chi connectivity index (χ4v) is 2.30. The minimum absolute atomic E-state index is 0.0488. The monoisotopic (exact) mass is 245 g/mol. The summed E-state index contributed by atoms with van der Waals surface area (Å²) >= 11 is 0. The number of nitrogens with zero attached hydrogens (tertiary/aromatic N) is 3. The highest BCUT2D eigenvalue weighted by Crippen LogP contribution is 2.24. The van der Waals surface area contributed by atoms with Crippen LogP contribution in [0.15, 0.2) is 28.9 Å². The Morgan fingerprint density at radius 1 is 1.44 bits per heavy atom. The highest BCUT2D eigenvalue weighted by molar-refractivity contribution is 5.95. The molecule has 0 N–H and O–H groups in total. The van der Waals surface area contributed by atoms with Gasteiger partial charge in [-0.15, -0.1) is 0 Å². The van der Waals surface area contributed by atoms with Crippen LogP contribution < -0.4 is 0 Å². The average Bonchev–Trinajstić information content (AvgIpc) is 2.86. The van der Waals surface area contributed by atoms with Crippen LogP contribution in [0, 0.1) is 13.8 Å². The van der Waals surface area contributed by atoms with Crippen LogP contribution in [0.5, 0.6) is 0 Å². The van der Waals surface area contributed by atoms with Crippen LogP contribution in [0.3, 0.4) is 0 Å². The maximum Gasteiger partial charge on any atom is 0.257 e. The summed E-state index contributed by atoms with van der Waals surface area (Å²) < 4.78 is 7.29. The van der Waals surface area contributed by atoms with E-state index < -0.39 is 0 Å². The summed E-state index contributed by atoms with van der Waals surface area (Å²) in [5, 5.41) is 4.19. The predicted molar refractivity (Wildman–Crippen MR) is 65.3 cm³/mol. The number of carbonyl (C=O) groups excluding carboxylic acids is 1. The third-order valence-corrected chi connectivity index (χ3v) is 3.32. The van der Waals surface area contributed by atoms with E-state index in [0.717, 1.165) is 5.76 Å². The van der Waals surface area contributed by atoms with Crippen molar-refractivity contribution in [2.75, 3.05) is 13.1 Å². The summed E-state index contributed by atoms with van der Waals surface area (Å²) in [6.45, 7) is 5.10. The van der Waals surface area contributed by atoms with Gasteiger partial charge in [-0.2, -0.15) is 5.10 Å². The van der Waals surface area contributed by atoms with Crippen molar-refractivity contribution in [1.82, 2.24) is 14.7 Å². The van der Waals surface area contributed by atoms with E-state index >= 15 is 0 Å². The normalized spacial score (nSPS) is 15.8. The van der Waals surface area contributed by atoms with Gasteiger partial charge in [0.25, 0.3) is 5.91 Å². The first kappa shape index (κ1) is 11.1. The van der Waals surface area contributed by atoms with Gasteiger partial charge in [0.2, 0.25) is 0 Å².